The number of carbonyl (C=O) groups is 2. The van der Waals surface area contributed by atoms with Crippen molar-refractivity contribution in [1.82, 2.24) is 4.72 Å². The Bertz CT molecular complexity index is 1030. The van der Waals surface area contributed by atoms with Crippen LogP contribution in [0.15, 0.2) is 58.6 Å². The van der Waals surface area contributed by atoms with Crippen molar-refractivity contribution in [2.24, 2.45) is 0 Å². The molecular weight excluding hydrogens is 444 g/mol. The summed E-state index contributed by atoms with van der Waals surface area (Å²) >= 11 is 7.87. The summed E-state index contributed by atoms with van der Waals surface area (Å²) < 4.78 is 2.78. The van der Waals surface area contributed by atoms with Gasteiger partial charge in [0.2, 0.25) is 5.91 Å². The number of nitrogens with zero attached hydrogens (tertiary/aromatic N) is 1. The van der Waals surface area contributed by atoms with Gasteiger partial charge in [-0.15, -0.1) is 0 Å². The highest BCUT2D eigenvalue weighted by molar-refractivity contribution is 7.98. The fourth-order valence-corrected chi connectivity index (χ4v) is 5.19. The number of allylic oxidation sites excluding steroid dienone is 2. The Labute approximate surface area is 197 Å². The summed E-state index contributed by atoms with van der Waals surface area (Å²) in [5.41, 5.74) is 5.42. The third-order valence-electron chi connectivity index (χ3n) is 5.67. The molecule has 3 N–H and O–H groups in total. The van der Waals surface area contributed by atoms with Gasteiger partial charge in [0.15, 0.2) is 0 Å². The third-order valence-corrected chi connectivity index (χ3v) is 6.75. The molecule has 2 aromatic carbocycles. The largest absolute Gasteiger partial charge is 0.344 e. The molecule has 6 nitrogen and oxygen atoms in total. The van der Waals surface area contributed by atoms with Crippen LogP contribution in [0.4, 0.5) is 21.9 Å². The van der Waals surface area contributed by atoms with Crippen LogP contribution in [0.3, 0.4) is 0 Å². The monoisotopic (exact) mass is 470 g/mol. The van der Waals surface area contributed by atoms with Gasteiger partial charge < -0.3 is 15.5 Å². The molecule has 1 aliphatic heterocycles. The number of hydrogen-bond donors (Lipinski definition) is 3. The molecule has 8 heteroatoms. The van der Waals surface area contributed by atoms with Crippen LogP contribution in [0.5, 0.6) is 0 Å². The molecule has 0 bridgehead atoms. The van der Waals surface area contributed by atoms with E-state index in [4.69, 9.17) is 11.6 Å². The number of amides is 3. The number of urea groups is 1. The molecular formula is C24H27ClN4O2S. The predicted octanol–water partition coefficient (Wildman–Crippen LogP) is 6.56. The van der Waals surface area contributed by atoms with Gasteiger partial charge in [0.25, 0.3) is 0 Å². The minimum absolute atomic E-state index is 0.138. The van der Waals surface area contributed by atoms with Crippen molar-refractivity contribution in [3.05, 3.63) is 58.8 Å². The lowest BCUT2D eigenvalue weighted by Crippen LogP contribution is -2.30. The van der Waals surface area contributed by atoms with Crippen molar-refractivity contribution < 1.29 is 9.59 Å². The molecule has 32 heavy (non-hydrogen) atoms. The Morgan fingerprint density at radius 1 is 0.938 bits per heavy atom. The third kappa shape index (κ3) is 5.58. The van der Waals surface area contributed by atoms with Crippen LogP contribution in [0.25, 0.3) is 0 Å². The number of halogens is 1. The van der Waals surface area contributed by atoms with Crippen LogP contribution in [0.2, 0.25) is 5.02 Å². The van der Waals surface area contributed by atoms with Gasteiger partial charge in [-0.3, -0.25) is 9.52 Å². The molecule has 2 aromatic rings. The van der Waals surface area contributed by atoms with Crippen LogP contribution in [-0.2, 0) is 4.79 Å². The molecule has 168 valence electrons. The van der Waals surface area contributed by atoms with E-state index in [-0.39, 0.29) is 11.9 Å². The van der Waals surface area contributed by atoms with E-state index in [9.17, 15) is 9.59 Å². The fraction of sp³-hybridized carbons (Fsp3) is 0.333. The summed E-state index contributed by atoms with van der Waals surface area (Å²) in [4.78, 5) is 26.6. The van der Waals surface area contributed by atoms with Crippen LogP contribution < -0.4 is 20.3 Å². The average Bonchev–Trinajstić information content (AvgIpc) is 2.78. The maximum Gasteiger partial charge on any atom is 0.329 e. The number of hydrogen-bond acceptors (Lipinski definition) is 4. The van der Waals surface area contributed by atoms with Gasteiger partial charge in [0, 0.05) is 35.4 Å². The normalized spacial score (nSPS) is 15.8. The number of benzene rings is 2. The highest BCUT2D eigenvalue weighted by Gasteiger charge is 2.24. The SMILES string of the molecule is CC(=O)Nc1ccc(NC(=O)NSc2ccc(N3CCCC4=C3CCCC4)c(Cl)c2)cc1. The molecule has 0 unspecified atom stereocenters. The molecule has 3 amide bonds. The lowest BCUT2D eigenvalue weighted by atomic mass is 9.89. The first-order valence-electron chi connectivity index (χ1n) is 10.9. The van der Waals surface area contributed by atoms with E-state index in [1.807, 2.05) is 12.1 Å². The number of rotatable bonds is 5. The van der Waals surface area contributed by atoms with Crippen LogP contribution >= 0.6 is 23.5 Å². The number of anilines is 3. The standard InChI is InChI=1S/C24H27ClN4O2S/c1-16(30)26-18-8-10-19(11-9-18)27-24(31)28-32-20-12-13-23(21(25)15-20)29-14-4-6-17-5-2-3-7-22(17)29/h8-13,15H,2-7,14H2,1H3,(H,26,30)(H2,27,28,31). The molecule has 0 atom stereocenters. The first kappa shape index (κ1) is 22.6. The van der Waals surface area contributed by atoms with Gasteiger partial charge in [-0.2, -0.15) is 0 Å². The van der Waals surface area contributed by atoms with Gasteiger partial charge in [-0.25, -0.2) is 4.79 Å². The molecule has 0 aromatic heterocycles. The zero-order valence-electron chi connectivity index (χ0n) is 18.0. The maximum absolute atomic E-state index is 12.2. The minimum atomic E-state index is -0.337. The molecule has 1 aliphatic carbocycles. The molecule has 0 radical (unpaired) electrons. The smallest absolute Gasteiger partial charge is 0.329 e. The zero-order valence-corrected chi connectivity index (χ0v) is 19.6. The van der Waals surface area contributed by atoms with Gasteiger partial charge >= 0.3 is 6.03 Å². The highest BCUT2D eigenvalue weighted by Crippen LogP contribution is 2.40. The van der Waals surface area contributed by atoms with E-state index in [0.29, 0.717) is 16.4 Å². The van der Waals surface area contributed by atoms with Crippen LogP contribution in [0.1, 0.15) is 45.4 Å². The Morgan fingerprint density at radius 2 is 1.62 bits per heavy atom. The molecule has 1 heterocycles. The van der Waals surface area contributed by atoms with Crippen molar-refractivity contribution >= 4 is 52.5 Å². The Kier molecular flexibility index (Phi) is 7.27. The van der Waals surface area contributed by atoms with E-state index in [1.165, 1.54) is 56.7 Å². The minimum Gasteiger partial charge on any atom is -0.344 e. The maximum atomic E-state index is 12.2. The first-order chi connectivity index (χ1) is 15.5. The van der Waals surface area contributed by atoms with Gasteiger partial charge in [0.1, 0.15) is 0 Å². The average molecular weight is 471 g/mol. The fourth-order valence-electron chi connectivity index (χ4n) is 4.27. The molecule has 4 rings (SSSR count). The van der Waals surface area contributed by atoms with E-state index >= 15 is 0 Å². The number of nitrogens with one attached hydrogen (secondary N) is 3. The quantitative estimate of drug-likeness (QED) is 0.433. The van der Waals surface area contributed by atoms with Crippen molar-refractivity contribution in [2.75, 3.05) is 22.1 Å². The summed E-state index contributed by atoms with van der Waals surface area (Å²) in [5, 5.41) is 6.16. The number of carbonyl (C=O) groups excluding carboxylic acids is 2. The van der Waals surface area contributed by atoms with Gasteiger partial charge in [0.05, 0.1) is 10.7 Å². The second kappa shape index (κ2) is 10.3. The molecule has 0 fully saturated rings. The summed E-state index contributed by atoms with van der Waals surface area (Å²) in [6.07, 6.45) is 7.27. The molecule has 0 spiro atoms. The van der Waals surface area contributed by atoms with Gasteiger partial charge in [-0.05, 0) is 92.9 Å². The molecule has 2 aliphatic rings. The van der Waals surface area contributed by atoms with E-state index in [2.05, 4.69) is 26.3 Å². The lowest BCUT2D eigenvalue weighted by Gasteiger charge is -2.37. The van der Waals surface area contributed by atoms with Crippen LogP contribution in [0, 0.1) is 0 Å². The molecule has 0 saturated heterocycles. The van der Waals surface area contributed by atoms with Crippen molar-refractivity contribution in [1.29, 1.82) is 0 Å². The van der Waals surface area contributed by atoms with E-state index < -0.39 is 0 Å². The van der Waals surface area contributed by atoms with E-state index in [1.54, 1.807) is 29.8 Å². The highest BCUT2D eigenvalue weighted by atomic mass is 35.5. The second-order valence-corrected chi connectivity index (χ2v) is 9.33. The zero-order chi connectivity index (χ0) is 22.5. The summed E-state index contributed by atoms with van der Waals surface area (Å²) in [7, 11) is 0. The first-order valence-corrected chi connectivity index (χ1v) is 12.1. The van der Waals surface area contributed by atoms with E-state index in [0.717, 1.165) is 23.5 Å². The van der Waals surface area contributed by atoms with Gasteiger partial charge in [-0.1, -0.05) is 17.2 Å². The second-order valence-electron chi connectivity index (χ2n) is 8.04. The Hall–Kier alpha value is -2.64. The van der Waals surface area contributed by atoms with Crippen molar-refractivity contribution in [3.63, 3.8) is 0 Å². The summed E-state index contributed by atoms with van der Waals surface area (Å²) in [5.74, 6) is -0.138. The lowest BCUT2D eigenvalue weighted by molar-refractivity contribution is -0.114. The predicted molar refractivity (Wildman–Crippen MR) is 132 cm³/mol. The summed E-state index contributed by atoms with van der Waals surface area (Å²) in [6, 6.07) is 12.5. The Balaban J connectivity index is 1.35. The Morgan fingerprint density at radius 3 is 2.34 bits per heavy atom. The summed E-state index contributed by atoms with van der Waals surface area (Å²) in [6.45, 7) is 2.46. The van der Waals surface area contributed by atoms with Crippen molar-refractivity contribution in [2.45, 2.75) is 50.3 Å². The topological polar surface area (TPSA) is 73.5 Å². The van der Waals surface area contributed by atoms with Crippen molar-refractivity contribution in [3.8, 4) is 0 Å². The van der Waals surface area contributed by atoms with Crippen LogP contribution in [-0.4, -0.2) is 18.5 Å². The molecule has 0 saturated carbocycles.